The quantitative estimate of drug-likeness (QED) is 0.475. The van der Waals surface area contributed by atoms with E-state index in [1.807, 2.05) is 0 Å². The van der Waals surface area contributed by atoms with Crippen LogP contribution in [0.25, 0.3) is 6.08 Å². The first-order valence-electron chi connectivity index (χ1n) is 5.28. The smallest absolute Gasteiger partial charge is 0.379 e. The predicted molar refractivity (Wildman–Crippen MR) is 63.5 cm³/mol. The molecular formula is C13H14O4. The second-order valence-electron chi connectivity index (χ2n) is 3.26. The fourth-order valence-corrected chi connectivity index (χ4v) is 1.25. The number of carbonyl (C=O) groups is 2. The molecule has 0 amide bonds. The lowest BCUT2D eigenvalue weighted by molar-refractivity contribution is -0.137. The lowest BCUT2D eigenvalue weighted by Gasteiger charge is -2.01. The molecule has 0 aliphatic heterocycles. The maximum absolute atomic E-state index is 11.5. The van der Waals surface area contributed by atoms with Gasteiger partial charge in [0, 0.05) is 5.56 Å². The van der Waals surface area contributed by atoms with Crippen LogP contribution in [0.15, 0.2) is 30.3 Å². The number of ketones is 1. The molecule has 0 bridgehead atoms. The van der Waals surface area contributed by atoms with Crippen LogP contribution in [0.3, 0.4) is 0 Å². The van der Waals surface area contributed by atoms with E-state index in [-0.39, 0.29) is 13.2 Å². The maximum atomic E-state index is 11.5. The SMILES string of the molecule is CCOC(=O)C(=O)c1ccc(C=CCO)cc1. The van der Waals surface area contributed by atoms with Gasteiger partial charge in [0.25, 0.3) is 5.78 Å². The van der Waals surface area contributed by atoms with Gasteiger partial charge in [-0.15, -0.1) is 0 Å². The normalized spacial score (nSPS) is 10.5. The molecule has 1 N–H and O–H groups in total. The molecule has 90 valence electrons. The molecule has 1 aromatic carbocycles. The van der Waals surface area contributed by atoms with Crippen molar-refractivity contribution in [3.05, 3.63) is 41.5 Å². The van der Waals surface area contributed by atoms with Crippen LogP contribution in [0, 0.1) is 0 Å². The summed E-state index contributed by atoms with van der Waals surface area (Å²) in [6, 6.07) is 6.49. The number of ether oxygens (including phenoxy) is 1. The van der Waals surface area contributed by atoms with Crippen LogP contribution in [-0.2, 0) is 9.53 Å². The van der Waals surface area contributed by atoms with Crippen molar-refractivity contribution in [3.8, 4) is 0 Å². The Morgan fingerprint density at radius 1 is 1.29 bits per heavy atom. The molecule has 0 heterocycles. The molecule has 0 atom stereocenters. The molecule has 0 aromatic heterocycles. The van der Waals surface area contributed by atoms with Crippen LogP contribution >= 0.6 is 0 Å². The minimum absolute atomic E-state index is 0.0382. The third-order valence-corrected chi connectivity index (χ3v) is 2.05. The Morgan fingerprint density at radius 3 is 2.47 bits per heavy atom. The van der Waals surface area contributed by atoms with Crippen molar-refractivity contribution in [2.24, 2.45) is 0 Å². The number of Topliss-reactive ketones (excluding diaryl/α,β-unsaturated/α-hetero) is 1. The second-order valence-corrected chi connectivity index (χ2v) is 3.26. The van der Waals surface area contributed by atoms with E-state index < -0.39 is 11.8 Å². The van der Waals surface area contributed by atoms with Gasteiger partial charge in [0.1, 0.15) is 0 Å². The first-order valence-corrected chi connectivity index (χ1v) is 5.28. The van der Waals surface area contributed by atoms with Crippen molar-refractivity contribution in [1.82, 2.24) is 0 Å². The molecule has 0 saturated carbocycles. The molecule has 0 aliphatic carbocycles. The number of aliphatic hydroxyl groups is 1. The monoisotopic (exact) mass is 234 g/mol. The number of aliphatic hydroxyl groups excluding tert-OH is 1. The number of esters is 1. The third kappa shape index (κ3) is 3.85. The Kier molecular flexibility index (Phi) is 5.10. The van der Waals surface area contributed by atoms with Crippen molar-refractivity contribution in [1.29, 1.82) is 0 Å². The van der Waals surface area contributed by atoms with Crippen molar-refractivity contribution in [2.45, 2.75) is 6.92 Å². The molecule has 4 nitrogen and oxygen atoms in total. The van der Waals surface area contributed by atoms with E-state index in [0.717, 1.165) is 5.56 Å². The number of rotatable bonds is 5. The van der Waals surface area contributed by atoms with Gasteiger partial charge in [-0.25, -0.2) is 4.79 Å². The highest BCUT2D eigenvalue weighted by Gasteiger charge is 2.16. The molecular weight excluding hydrogens is 220 g/mol. The standard InChI is InChI=1S/C13H14O4/c1-2-17-13(16)12(15)11-7-5-10(6-8-11)4-3-9-14/h3-8,14H,2,9H2,1H3. The van der Waals surface area contributed by atoms with Gasteiger partial charge in [0.2, 0.25) is 0 Å². The third-order valence-electron chi connectivity index (χ3n) is 2.05. The zero-order valence-corrected chi connectivity index (χ0v) is 9.55. The van der Waals surface area contributed by atoms with E-state index in [1.165, 1.54) is 0 Å². The summed E-state index contributed by atoms with van der Waals surface area (Å²) in [5.41, 5.74) is 1.14. The van der Waals surface area contributed by atoms with Gasteiger partial charge in [0.05, 0.1) is 13.2 Å². The largest absolute Gasteiger partial charge is 0.460 e. The van der Waals surface area contributed by atoms with Crippen LogP contribution in [-0.4, -0.2) is 30.1 Å². The van der Waals surface area contributed by atoms with E-state index in [2.05, 4.69) is 4.74 Å². The number of benzene rings is 1. The van der Waals surface area contributed by atoms with Crippen LogP contribution in [0.4, 0.5) is 0 Å². The van der Waals surface area contributed by atoms with Gasteiger partial charge in [0.15, 0.2) is 0 Å². The first-order chi connectivity index (χ1) is 8.19. The van der Waals surface area contributed by atoms with E-state index in [4.69, 9.17) is 5.11 Å². The molecule has 1 rings (SSSR count). The molecule has 0 radical (unpaired) electrons. The summed E-state index contributed by atoms with van der Waals surface area (Å²) in [5, 5.41) is 8.60. The molecule has 0 aliphatic rings. The topological polar surface area (TPSA) is 63.6 Å². The predicted octanol–water partition coefficient (Wildman–Crippen LogP) is 1.44. The highest BCUT2D eigenvalue weighted by atomic mass is 16.5. The average Bonchev–Trinajstić information content (AvgIpc) is 2.36. The minimum Gasteiger partial charge on any atom is -0.460 e. The summed E-state index contributed by atoms with van der Waals surface area (Å²) < 4.78 is 4.62. The van der Waals surface area contributed by atoms with E-state index in [1.54, 1.807) is 43.3 Å². The summed E-state index contributed by atoms with van der Waals surface area (Å²) in [5.74, 6) is -1.49. The highest BCUT2D eigenvalue weighted by molar-refractivity contribution is 6.40. The van der Waals surface area contributed by atoms with Crippen molar-refractivity contribution >= 4 is 17.8 Å². The zero-order chi connectivity index (χ0) is 12.7. The molecule has 0 spiro atoms. The van der Waals surface area contributed by atoms with Crippen LogP contribution in [0.5, 0.6) is 0 Å². The summed E-state index contributed by atoms with van der Waals surface area (Å²) in [7, 11) is 0. The second kappa shape index (κ2) is 6.60. The summed E-state index contributed by atoms with van der Waals surface area (Å²) in [6.07, 6.45) is 3.31. The Balaban J connectivity index is 2.77. The van der Waals surface area contributed by atoms with Gasteiger partial charge in [-0.05, 0) is 12.5 Å². The highest BCUT2D eigenvalue weighted by Crippen LogP contribution is 2.07. The lowest BCUT2D eigenvalue weighted by Crippen LogP contribution is -2.17. The van der Waals surface area contributed by atoms with Crippen molar-refractivity contribution in [2.75, 3.05) is 13.2 Å². The number of carbonyl (C=O) groups excluding carboxylic acids is 2. The fourth-order valence-electron chi connectivity index (χ4n) is 1.25. The first kappa shape index (κ1) is 13.1. The Hall–Kier alpha value is -1.94. The van der Waals surface area contributed by atoms with E-state index in [9.17, 15) is 9.59 Å². The number of hydrogen-bond donors (Lipinski definition) is 1. The Labute approximate surface area is 99.5 Å². The Morgan fingerprint density at radius 2 is 1.94 bits per heavy atom. The summed E-state index contributed by atoms with van der Waals surface area (Å²) in [6.45, 7) is 1.79. The fraction of sp³-hybridized carbons (Fsp3) is 0.231. The zero-order valence-electron chi connectivity index (χ0n) is 9.55. The van der Waals surface area contributed by atoms with Crippen LogP contribution in [0.2, 0.25) is 0 Å². The van der Waals surface area contributed by atoms with Gasteiger partial charge >= 0.3 is 5.97 Å². The molecule has 0 unspecified atom stereocenters. The van der Waals surface area contributed by atoms with Gasteiger partial charge in [-0.1, -0.05) is 36.4 Å². The molecule has 17 heavy (non-hydrogen) atoms. The van der Waals surface area contributed by atoms with Crippen LogP contribution < -0.4 is 0 Å². The molecule has 0 fully saturated rings. The van der Waals surface area contributed by atoms with Crippen LogP contribution in [0.1, 0.15) is 22.8 Å². The van der Waals surface area contributed by atoms with Gasteiger partial charge in [-0.2, -0.15) is 0 Å². The molecule has 4 heteroatoms. The van der Waals surface area contributed by atoms with Crippen molar-refractivity contribution < 1.29 is 19.4 Å². The number of hydrogen-bond acceptors (Lipinski definition) is 4. The maximum Gasteiger partial charge on any atom is 0.379 e. The van der Waals surface area contributed by atoms with E-state index >= 15 is 0 Å². The van der Waals surface area contributed by atoms with Crippen molar-refractivity contribution in [3.63, 3.8) is 0 Å². The minimum atomic E-state index is -0.842. The summed E-state index contributed by atoms with van der Waals surface area (Å²) >= 11 is 0. The average molecular weight is 234 g/mol. The summed E-state index contributed by atoms with van der Waals surface area (Å²) in [4.78, 5) is 22.7. The molecule has 0 saturated heterocycles. The molecule has 1 aromatic rings. The lowest BCUT2D eigenvalue weighted by atomic mass is 10.1. The van der Waals surface area contributed by atoms with Gasteiger partial charge in [-0.3, -0.25) is 4.79 Å². The Bertz CT molecular complexity index is 418. The van der Waals surface area contributed by atoms with E-state index in [0.29, 0.717) is 5.56 Å². The van der Waals surface area contributed by atoms with Gasteiger partial charge < -0.3 is 9.84 Å².